The summed E-state index contributed by atoms with van der Waals surface area (Å²) in [5.74, 6) is 0. The lowest BCUT2D eigenvalue weighted by molar-refractivity contribution is 0.144. The Morgan fingerprint density at radius 1 is 1.42 bits per heavy atom. The third-order valence-electron chi connectivity index (χ3n) is 3.62. The van der Waals surface area contributed by atoms with E-state index in [1.54, 1.807) is 0 Å². The first-order valence-corrected chi connectivity index (χ1v) is 7.78. The third-order valence-corrected chi connectivity index (χ3v) is 5.50. The van der Waals surface area contributed by atoms with E-state index < -0.39 is 15.5 Å². The molecule has 1 N–H and O–H groups in total. The number of H-pyrrole nitrogens is 1. The molecular formula is C12H19N3O3S. The minimum Gasteiger partial charge on any atom is -0.366 e. The fourth-order valence-electron chi connectivity index (χ4n) is 2.32. The zero-order valence-corrected chi connectivity index (χ0v) is 12.0. The molecule has 1 atom stereocenters. The first-order valence-electron chi connectivity index (χ1n) is 6.34. The van der Waals surface area contributed by atoms with Crippen LogP contribution in [0, 0.1) is 0 Å². The summed E-state index contributed by atoms with van der Waals surface area (Å²) >= 11 is 0. The van der Waals surface area contributed by atoms with Crippen LogP contribution in [0.4, 0.5) is 0 Å². The van der Waals surface area contributed by atoms with Crippen LogP contribution >= 0.6 is 0 Å². The van der Waals surface area contributed by atoms with Crippen molar-refractivity contribution in [3.63, 3.8) is 0 Å². The van der Waals surface area contributed by atoms with Crippen LogP contribution in [0.1, 0.15) is 13.3 Å². The van der Waals surface area contributed by atoms with Gasteiger partial charge in [0.05, 0.1) is 0 Å². The molecule has 0 radical (unpaired) electrons. The number of hydrogen-bond acceptors (Lipinski definition) is 4. The van der Waals surface area contributed by atoms with Crippen LogP contribution in [0.5, 0.6) is 0 Å². The highest BCUT2D eigenvalue weighted by atomic mass is 32.2. The quantitative estimate of drug-likeness (QED) is 0.854. The summed E-state index contributed by atoms with van der Waals surface area (Å²) in [5.41, 5.74) is -0.467. The number of aromatic amines is 1. The summed E-state index contributed by atoms with van der Waals surface area (Å²) in [7, 11) is -1.70. The summed E-state index contributed by atoms with van der Waals surface area (Å²) in [6.07, 6.45) is 3.57. The third kappa shape index (κ3) is 2.72. The van der Waals surface area contributed by atoms with Gasteiger partial charge in [0.15, 0.2) is 0 Å². The largest absolute Gasteiger partial charge is 0.366 e. The summed E-state index contributed by atoms with van der Waals surface area (Å²) in [6.45, 7) is 3.57. The zero-order valence-electron chi connectivity index (χ0n) is 11.2. The monoisotopic (exact) mass is 285 g/mol. The number of rotatable bonds is 3. The predicted molar refractivity (Wildman–Crippen MR) is 72.5 cm³/mol. The van der Waals surface area contributed by atoms with Crippen LogP contribution in [0.15, 0.2) is 28.2 Å². The fraction of sp³-hybridized carbons (Fsp3) is 0.583. The molecule has 1 unspecified atom stereocenters. The van der Waals surface area contributed by atoms with Crippen LogP contribution < -0.4 is 5.43 Å². The van der Waals surface area contributed by atoms with E-state index in [1.165, 1.54) is 22.8 Å². The van der Waals surface area contributed by atoms with Gasteiger partial charge in [0, 0.05) is 44.1 Å². The second-order valence-electron chi connectivity index (χ2n) is 4.78. The number of likely N-dealkylation sites (N-methyl/N-ethyl adjacent to an activating group) is 1. The predicted octanol–water partition coefficient (Wildman–Crippen LogP) is 0.0896. The highest BCUT2D eigenvalue weighted by Gasteiger charge is 2.33. The standard InChI is InChI=1S/C12H19N3O3S/c1-3-10-9-15(7-6-14(10)2)19(17,18)12-8-13-5-4-11(12)16/h4-5,8,10H,3,6-7,9H2,1-2H3,(H,13,16). The molecule has 0 aromatic carbocycles. The molecular weight excluding hydrogens is 266 g/mol. The molecule has 7 heteroatoms. The van der Waals surface area contributed by atoms with Crippen molar-refractivity contribution >= 4 is 10.0 Å². The molecule has 2 rings (SSSR count). The smallest absolute Gasteiger partial charge is 0.248 e. The van der Waals surface area contributed by atoms with E-state index in [9.17, 15) is 13.2 Å². The molecule has 0 spiro atoms. The molecule has 0 aliphatic carbocycles. The average molecular weight is 285 g/mol. The van der Waals surface area contributed by atoms with E-state index in [2.05, 4.69) is 9.88 Å². The highest BCUT2D eigenvalue weighted by Crippen LogP contribution is 2.17. The molecule has 1 saturated heterocycles. The first kappa shape index (κ1) is 14.2. The van der Waals surface area contributed by atoms with Gasteiger partial charge in [-0.3, -0.25) is 4.79 Å². The highest BCUT2D eigenvalue weighted by molar-refractivity contribution is 7.89. The molecule has 0 saturated carbocycles. The molecule has 1 aliphatic heterocycles. The minimum atomic E-state index is -3.70. The Bertz CT molecular complexity index is 596. The molecule has 2 heterocycles. The molecule has 1 aromatic rings. The van der Waals surface area contributed by atoms with E-state index >= 15 is 0 Å². The maximum atomic E-state index is 12.5. The average Bonchev–Trinajstić information content (AvgIpc) is 2.39. The van der Waals surface area contributed by atoms with Gasteiger partial charge >= 0.3 is 0 Å². The number of sulfonamides is 1. The van der Waals surface area contributed by atoms with Crippen molar-refractivity contribution < 1.29 is 8.42 Å². The maximum absolute atomic E-state index is 12.5. The Labute approximate surface area is 113 Å². The van der Waals surface area contributed by atoms with Crippen molar-refractivity contribution in [3.05, 3.63) is 28.7 Å². The zero-order chi connectivity index (χ0) is 14.0. The maximum Gasteiger partial charge on any atom is 0.248 e. The Morgan fingerprint density at radius 3 is 2.79 bits per heavy atom. The van der Waals surface area contributed by atoms with Gasteiger partial charge in [-0.1, -0.05) is 6.92 Å². The lowest BCUT2D eigenvalue weighted by Crippen LogP contribution is -2.53. The molecule has 0 amide bonds. The number of piperazine rings is 1. The number of hydrogen-bond donors (Lipinski definition) is 1. The van der Waals surface area contributed by atoms with E-state index in [0.29, 0.717) is 19.6 Å². The topological polar surface area (TPSA) is 73.5 Å². The number of nitrogens with one attached hydrogen (secondary N) is 1. The van der Waals surface area contributed by atoms with Gasteiger partial charge < -0.3 is 9.88 Å². The second kappa shape index (κ2) is 5.44. The molecule has 0 bridgehead atoms. The van der Waals surface area contributed by atoms with Crippen LogP contribution in [-0.4, -0.2) is 55.3 Å². The van der Waals surface area contributed by atoms with Crippen LogP contribution in [0.25, 0.3) is 0 Å². The van der Waals surface area contributed by atoms with Gasteiger partial charge in [-0.15, -0.1) is 0 Å². The van der Waals surface area contributed by atoms with E-state index in [-0.39, 0.29) is 10.9 Å². The van der Waals surface area contributed by atoms with Gasteiger partial charge in [-0.05, 0) is 13.5 Å². The van der Waals surface area contributed by atoms with Crippen LogP contribution in [0.2, 0.25) is 0 Å². The van der Waals surface area contributed by atoms with Gasteiger partial charge in [0.2, 0.25) is 15.5 Å². The van der Waals surface area contributed by atoms with Gasteiger partial charge in [0.1, 0.15) is 4.90 Å². The van der Waals surface area contributed by atoms with Crippen LogP contribution in [-0.2, 0) is 10.0 Å². The van der Waals surface area contributed by atoms with Crippen molar-refractivity contribution in [2.24, 2.45) is 0 Å². The molecule has 1 fully saturated rings. The van der Waals surface area contributed by atoms with Crippen molar-refractivity contribution in [1.82, 2.24) is 14.2 Å². The number of aromatic nitrogens is 1. The van der Waals surface area contributed by atoms with Crippen LogP contribution in [0.3, 0.4) is 0 Å². The van der Waals surface area contributed by atoms with Gasteiger partial charge in [-0.25, -0.2) is 8.42 Å². The fourth-order valence-corrected chi connectivity index (χ4v) is 3.83. The Kier molecular flexibility index (Phi) is 4.07. The van der Waals surface area contributed by atoms with Gasteiger partial charge in [0.25, 0.3) is 0 Å². The summed E-state index contributed by atoms with van der Waals surface area (Å²) in [6, 6.07) is 1.44. The number of nitrogens with zero attached hydrogens (tertiary/aromatic N) is 2. The van der Waals surface area contributed by atoms with Crippen molar-refractivity contribution in [3.8, 4) is 0 Å². The van der Waals surface area contributed by atoms with Crippen molar-refractivity contribution in [2.75, 3.05) is 26.7 Å². The molecule has 1 aromatic heterocycles. The van der Waals surface area contributed by atoms with Crippen molar-refractivity contribution in [1.29, 1.82) is 0 Å². The second-order valence-corrected chi connectivity index (χ2v) is 6.68. The SMILES string of the molecule is CCC1CN(S(=O)(=O)c2c[nH]ccc2=O)CCN1C. The van der Waals surface area contributed by atoms with E-state index in [4.69, 9.17) is 0 Å². The van der Waals surface area contributed by atoms with E-state index in [1.807, 2.05) is 14.0 Å². The van der Waals surface area contributed by atoms with E-state index in [0.717, 1.165) is 6.42 Å². The van der Waals surface area contributed by atoms with Gasteiger partial charge in [-0.2, -0.15) is 4.31 Å². The Hall–Kier alpha value is -1.18. The number of pyridine rings is 1. The molecule has 19 heavy (non-hydrogen) atoms. The Morgan fingerprint density at radius 2 is 2.16 bits per heavy atom. The molecule has 6 nitrogen and oxygen atoms in total. The Balaban J connectivity index is 2.31. The van der Waals surface area contributed by atoms with Crippen molar-refractivity contribution in [2.45, 2.75) is 24.3 Å². The summed E-state index contributed by atoms with van der Waals surface area (Å²) < 4.78 is 26.3. The first-order chi connectivity index (χ1) is 8.96. The normalized spacial score (nSPS) is 22.5. The lowest BCUT2D eigenvalue weighted by Gasteiger charge is -2.38. The molecule has 1 aliphatic rings. The summed E-state index contributed by atoms with van der Waals surface area (Å²) in [4.78, 5) is 16.3. The minimum absolute atomic E-state index is 0.172. The lowest BCUT2D eigenvalue weighted by atomic mass is 10.1. The molecule has 106 valence electrons. The summed E-state index contributed by atoms with van der Waals surface area (Å²) in [5, 5.41) is 0.